The van der Waals surface area contributed by atoms with Gasteiger partial charge in [0.05, 0.1) is 0 Å². The number of nitrogen functional groups attached to an aromatic ring is 3. The number of aryl methyl sites for hydroxylation is 1. The summed E-state index contributed by atoms with van der Waals surface area (Å²) in [6.07, 6.45) is 1.73. The third kappa shape index (κ3) is 1.55. The highest BCUT2D eigenvalue weighted by molar-refractivity contribution is 5.70. The Morgan fingerprint density at radius 3 is 2.00 bits per heavy atom. The minimum absolute atomic E-state index is 0.269. The summed E-state index contributed by atoms with van der Waals surface area (Å²) >= 11 is 0. The quantitative estimate of drug-likeness (QED) is 0.582. The lowest BCUT2D eigenvalue weighted by Gasteiger charge is -2.04. The van der Waals surface area contributed by atoms with E-state index in [1.807, 2.05) is 6.92 Å². The molecule has 1 aromatic heterocycles. The molecule has 0 spiro atoms. The lowest BCUT2D eigenvalue weighted by molar-refractivity contribution is 0.841. The number of anilines is 3. The zero-order chi connectivity index (χ0) is 9.14. The molecule has 5 nitrogen and oxygen atoms in total. The molecule has 0 saturated carbocycles. The highest BCUT2D eigenvalue weighted by atomic mass is 15.0. The van der Waals surface area contributed by atoms with E-state index >= 15 is 0 Å². The van der Waals surface area contributed by atoms with Crippen LogP contribution >= 0.6 is 0 Å². The van der Waals surface area contributed by atoms with Crippen LogP contribution in [0.1, 0.15) is 19.2 Å². The summed E-state index contributed by atoms with van der Waals surface area (Å²) in [5, 5.41) is 0. The smallest absolute Gasteiger partial charge is 0.152 e. The fraction of sp³-hybridized carbons (Fsp3) is 0.429. The first-order chi connectivity index (χ1) is 5.65. The summed E-state index contributed by atoms with van der Waals surface area (Å²) in [5.41, 5.74) is 16.7. The van der Waals surface area contributed by atoms with Crippen LogP contribution in [0.25, 0.3) is 0 Å². The van der Waals surface area contributed by atoms with Crippen molar-refractivity contribution in [2.24, 2.45) is 0 Å². The van der Waals surface area contributed by atoms with Crippen molar-refractivity contribution in [2.45, 2.75) is 19.8 Å². The maximum atomic E-state index is 5.50. The molecule has 66 valence electrons. The Bertz CT molecular complexity index is 260. The minimum Gasteiger partial charge on any atom is -0.393 e. The van der Waals surface area contributed by atoms with Gasteiger partial charge in [-0.2, -0.15) is 0 Å². The van der Waals surface area contributed by atoms with Crippen molar-refractivity contribution in [1.82, 2.24) is 9.97 Å². The number of hydrogen-bond donors (Lipinski definition) is 3. The number of hydrogen-bond acceptors (Lipinski definition) is 5. The number of aromatic nitrogens is 2. The second-order valence-electron chi connectivity index (χ2n) is 2.57. The van der Waals surface area contributed by atoms with Gasteiger partial charge in [0.1, 0.15) is 11.5 Å². The van der Waals surface area contributed by atoms with Crippen LogP contribution in [0.15, 0.2) is 0 Å². The Labute approximate surface area is 71.0 Å². The Hall–Kier alpha value is -1.52. The second kappa shape index (κ2) is 3.25. The first kappa shape index (κ1) is 8.58. The van der Waals surface area contributed by atoms with E-state index in [1.165, 1.54) is 0 Å². The molecule has 12 heavy (non-hydrogen) atoms. The molecule has 1 aromatic rings. The highest BCUT2D eigenvalue weighted by Gasteiger charge is 2.04. The van der Waals surface area contributed by atoms with Gasteiger partial charge < -0.3 is 17.2 Å². The van der Waals surface area contributed by atoms with Crippen molar-refractivity contribution < 1.29 is 0 Å². The average Bonchev–Trinajstić information content (AvgIpc) is 2.01. The van der Waals surface area contributed by atoms with Crippen LogP contribution in [0.4, 0.5) is 17.3 Å². The van der Waals surface area contributed by atoms with Crippen molar-refractivity contribution in [1.29, 1.82) is 0 Å². The van der Waals surface area contributed by atoms with Crippen molar-refractivity contribution in [2.75, 3.05) is 17.2 Å². The first-order valence-electron chi connectivity index (χ1n) is 3.82. The Morgan fingerprint density at radius 1 is 1.08 bits per heavy atom. The van der Waals surface area contributed by atoms with Gasteiger partial charge in [-0.05, 0) is 6.42 Å². The van der Waals surface area contributed by atoms with Crippen LogP contribution in [0.2, 0.25) is 0 Å². The lowest BCUT2D eigenvalue weighted by atomic mass is 10.3. The highest BCUT2D eigenvalue weighted by Crippen LogP contribution is 2.17. The summed E-state index contributed by atoms with van der Waals surface area (Å²) < 4.78 is 0. The van der Waals surface area contributed by atoms with E-state index in [9.17, 15) is 0 Å². The van der Waals surface area contributed by atoms with Crippen molar-refractivity contribution >= 4 is 17.3 Å². The van der Waals surface area contributed by atoms with Crippen LogP contribution in [-0.2, 0) is 6.42 Å². The lowest BCUT2D eigenvalue weighted by Crippen LogP contribution is -2.08. The topological polar surface area (TPSA) is 104 Å². The number of rotatable bonds is 2. The molecule has 0 amide bonds. The predicted molar refractivity (Wildman–Crippen MR) is 49.3 cm³/mol. The molecule has 0 atom stereocenters. The molecule has 0 aliphatic heterocycles. The Balaban J connectivity index is 3.04. The molecule has 6 N–H and O–H groups in total. The van der Waals surface area contributed by atoms with E-state index in [-0.39, 0.29) is 17.3 Å². The SMILES string of the molecule is CCCc1nc(N)c(N)c(N)n1. The molecule has 1 heterocycles. The van der Waals surface area contributed by atoms with E-state index in [4.69, 9.17) is 17.2 Å². The molecular weight excluding hydrogens is 154 g/mol. The van der Waals surface area contributed by atoms with Crippen LogP contribution in [0.3, 0.4) is 0 Å². The Morgan fingerprint density at radius 2 is 1.58 bits per heavy atom. The summed E-state index contributed by atoms with van der Waals surface area (Å²) in [6, 6.07) is 0. The molecule has 0 saturated heterocycles. The van der Waals surface area contributed by atoms with Gasteiger partial charge in [0.2, 0.25) is 0 Å². The van der Waals surface area contributed by atoms with Gasteiger partial charge >= 0.3 is 0 Å². The average molecular weight is 167 g/mol. The van der Waals surface area contributed by atoms with Gasteiger partial charge in [-0.3, -0.25) is 0 Å². The van der Waals surface area contributed by atoms with Crippen LogP contribution in [0, 0.1) is 0 Å². The predicted octanol–water partition coefficient (Wildman–Crippen LogP) is 0.176. The summed E-state index contributed by atoms with van der Waals surface area (Å²) in [6.45, 7) is 2.03. The third-order valence-corrected chi connectivity index (χ3v) is 1.52. The van der Waals surface area contributed by atoms with Crippen LogP contribution < -0.4 is 17.2 Å². The Kier molecular flexibility index (Phi) is 2.32. The first-order valence-corrected chi connectivity index (χ1v) is 3.82. The fourth-order valence-electron chi connectivity index (χ4n) is 0.890. The van der Waals surface area contributed by atoms with Gasteiger partial charge in [0.25, 0.3) is 0 Å². The van der Waals surface area contributed by atoms with Gasteiger partial charge in [-0.25, -0.2) is 9.97 Å². The third-order valence-electron chi connectivity index (χ3n) is 1.52. The zero-order valence-electron chi connectivity index (χ0n) is 7.04. The molecule has 0 bridgehead atoms. The van der Waals surface area contributed by atoms with Crippen molar-refractivity contribution in [3.05, 3.63) is 5.82 Å². The van der Waals surface area contributed by atoms with Crippen LogP contribution in [-0.4, -0.2) is 9.97 Å². The number of nitrogens with two attached hydrogens (primary N) is 3. The second-order valence-corrected chi connectivity index (χ2v) is 2.57. The van der Waals surface area contributed by atoms with E-state index in [0.29, 0.717) is 5.82 Å². The molecule has 0 aliphatic rings. The molecule has 5 heteroatoms. The van der Waals surface area contributed by atoms with Gasteiger partial charge in [-0.1, -0.05) is 6.92 Å². The van der Waals surface area contributed by atoms with Crippen molar-refractivity contribution in [3.63, 3.8) is 0 Å². The standard InChI is InChI=1S/C7H13N5/c1-2-3-4-11-6(9)5(8)7(10)12-4/h2-3,8H2,1H3,(H4,9,10,11,12). The molecule has 0 radical (unpaired) electrons. The monoisotopic (exact) mass is 167 g/mol. The van der Waals surface area contributed by atoms with E-state index in [2.05, 4.69) is 9.97 Å². The normalized spacial score (nSPS) is 10.1. The zero-order valence-corrected chi connectivity index (χ0v) is 7.04. The van der Waals surface area contributed by atoms with Gasteiger partial charge in [0.15, 0.2) is 11.6 Å². The van der Waals surface area contributed by atoms with E-state index in [0.717, 1.165) is 12.8 Å². The van der Waals surface area contributed by atoms with Crippen LogP contribution in [0.5, 0.6) is 0 Å². The van der Waals surface area contributed by atoms with Gasteiger partial charge in [0, 0.05) is 6.42 Å². The summed E-state index contributed by atoms with van der Waals surface area (Å²) in [4.78, 5) is 7.97. The number of nitrogens with zero attached hydrogens (tertiary/aromatic N) is 2. The maximum Gasteiger partial charge on any atom is 0.152 e. The van der Waals surface area contributed by atoms with Crippen molar-refractivity contribution in [3.8, 4) is 0 Å². The molecule has 1 rings (SSSR count). The van der Waals surface area contributed by atoms with Gasteiger partial charge in [-0.15, -0.1) is 0 Å². The van der Waals surface area contributed by atoms with E-state index in [1.54, 1.807) is 0 Å². The molecule has 0 fully saturated rings. The van der Waals surface area contributed by atoms with E-state index < -0.39 is 0 Å². The summed E-state index contributed by atoms with van der Waals surface area (Å²) in [7, 11) is 0. The molecule has 0 aliphatic carbocycles. The molecule has 0 aromatic carbocycles. The minimum atomic E-state index is 0.269. The fourth-order valence-corrected chi connectivity index (χ4v) is 0.890. The largest absolute Gasteiger partial charge is 0.393 e. The molecule has 0 unspecified atom stereocenters. The molecular formula is C7H13N5. The maximum absolute atomic E-state index is 5.50. The summed E-state index contributed by atoms with van der Waals surface area (Å²) in [5.74, 6) is 1.19.